The molecule has 2 aromatic carbocycles. The van der Waals surface area contributed by atoms with E-state index in [1.54, 1.807) is 0 Å². The van der Waals surface area contributed by atoms with Crippen molar-refractivity contribution in [3.05, 3.63) is 77.5 Å². The fraction of sp³-hybridized carbons (Fsp3) is 0.318. The molecule has 144 valence electrons. The molecule has 0 aliphatic carbocycles. The summed E-state index contributed by atoms with van der Waals surface area (Å²) in [5.41, 5.74) is 7.73. The highest BCUT2D eigenvalue weighted by atomic mass is 16.2. The van der Waals surface area contributed by atoms with Gasteiger partial charge in [-0.3, -0.25) is 20.0 Å². The summed E-state index contributed by atoms with van der Waals surface area (Å²) < 4.78 is 0. The molecule has 3 aliphatic heterocycles. The lowest BCUT2D eigenvalue weighted by Crippen LogP contribution is -2.66. The molecule has 1 amide bonds. The Morgan fingerprint density at radius 3 is 2.64 bits per heavy atom. The summed E-state index contributed by atoms with van der Waals surface area (Å²) in [6.45, 7) is 3.97. The number of hydrazine groups is 1. The highest BCUT2D eigenvalue weighted by Gasteiger charge is 2.40. The lowest BCUT2D eigenvalue weighted by molar-refractivity contribution is -0.121. The first-order valence-electron chi connectivity index (χ1n) is 9.88. The lowest BCUT2D eigenvalue weighted by atomic mass is 9.99. The molecular weight excluding hydrogens is 350 g/mol. The Labute approximate surface area is 165 Å². The van der Waals surface area contributed by atoms with Crippen molar-refractivity contribution in [3.8, 4) is 0 Å². The third-order valence-corrected chi connectivity index (χ3v) is 5.93. The maximum absolute atomic E-state index is 12.7. The van der Waals surface area contributed by atoms with Crippen molar-refractivity contribution in [2.24, 2.45) is 0 Å². The number of rotatable bonds is 3. The zero-order valence-corrected chi connectivity index (χ0v) is 15.9. The van der Waals surface area contributed by atoms with Gasteiger partial charge in [-0.1, -0.05) is 48.5 Å². The predicted molar refractivity (Wildman–Crippen MR) is 109 cm³/mol. The van der Waals surface area contributed by atoms with Crippen molar-refractivity contribution in [2.45, 2.75) is 31.7 Å². The number of likely N-dealkylation sites (tertiary alicyclic amines) is 1. The van der Waals surface area contributed by atoms with Crippen molar-refractivity contribution in [1.82, 2.24) is 21.0 Å². The largest absolute Gasteiger partial charge is 0.324 e. The number of nitrogens with one attached hydrogen (secondary N) is 3. The van der Waals surface area contributed by atoms with E-state index in [-0.39, 0.29) is 18.4 Å². The molecule has 2 aromatic rings. The first-order chi connectivity index (χ1) is 13.7. The Morgan fingerprint density at radius 1 is 1.04 bits per heavy atom. The third-order valence-electron chi connectivity index (χ3n) is 5.93. The fourth-order valence-corrected chi connectivity index (χ4v) is 4.37. The van der Waals surface area contributed by atoms with Gasteiger partial charge in [0.25, 0.3) is 5.91 Å². The Morgan fingerprint density at radius 2 is 1.82 bits per heavy atom. The van der Waals surface area contributed by atoms with Crippen LogP contribution < -0.4 is 21.1 Å². The summed E-state index contributed by atoms with van der Waals surface area (Å²) >= 11 is 0. The molecule has 3 N–H and O–H groups in total. The van der Waals surface area contributed by atoms with E-state index in [0.29, 0.717) is 5.92 Å². The first kappa shape index (κ1) is 17.4. The van der Waals surface area contributed by atoms with E-state index < -0.39 is 0 Å². The Kier molecular flexibility index (Phi) is 4.39. The maximum Gasteiger partial charge on any atom is 0.254 e. The number of nitrogens with zero attached hydrogens (tertiary/aromatic N) is 2. The summed E-state index contributed by atoms with van der Waals surface area (Å²) in [4.78, 5) is 15.1. The van der Waals surface area contributed by atoms with Crippen LogP contribution in [0, 0.1) is 6.92 Å². The van der Waals surface area contributed by atoms with E-state index in [4.69, 9.17) is 0 Å². The molecule has 3 aliphatic rings. The number of carbonyl (C=O) groups excluding carboxylic acids is 1. The van der Waals surface area contributed by atoms with Gasteiger partial charge in [0.05, 0.1) is 11.3 Å². The lowest BCUT2D eigenvalue weighted by Gasteiger charge is -2.36. The van der Waals surface area contributed by atoms with E-state index in [1.807, 2.05) is 23.3 Å². The summed E-state index contributed by atoms with van der Waals surface area (Å²) in [5.74, 6) is 0.498. The molecule has 0 saturated carbocycles. The average Bonchev–Trinajstić information content (AvgIpc) is 3.37. The van der Waals surface area contributed by atoms with Gasteiger partial charge in [0, 0.05) is 19.3 Å². The second kappa shape index (κ2) is 7.05. The van der Waals surface area contributed by atoms with E-state index >= 15 is 0 Å². The molecule has 3 atom stereocenters. The van der Waals surface area contributed by atoms with Gasteiger partial charge < -0.3 is 5.32 Å². The van der Waals surface area contributed by atoms with Crippen LogP contribution in [0.25, 0.3) is 0 Å². The van der Waals surface area contributed by atoms with E-state index in [9.17, 15) is 4.79 Å². The summed E-state index contributed by atoms with van der Waals surface area (Å²) in [6, 6.07) is 18.8. The number of anilines is 1. The molecule has 0 radical (unpaired) electrons. The Hall–Kier alpha value is -2.67. The van der Waals surface area contributed by atoms with Crippen LogP contribution in [0.4, 0.5) is 5.69 Å². The van der Waals surface area contributed by atoms with Crippen molar-refractivity contribution in [1.29, 1.82) is 0 Å². The topological polar surface area (TPSA) is 59.6 Å². The van der Waals surface area contributed by atoms with Crippen LogP contribution in [0.5, 0.6) is 0 Å². The molecule has 6 heteroatoms. The normalized spacial score (nSPS) is 27.5. The highest BCUT2D eigenvalue weighted by molar-refractivity contribution is 5.96. The average molecular weight is 375 g/mol. The fourth-order valence-electron chi connectivity index (χ4n) is 4.37. The number of aryl methyl sites for hydroxylation is 1. The monoisotopic (exact) mass is 375 g/mol. The summed E-state index contributed by atoms with van der Waals surface area (Å²) in [6.07, 6.45) is 2.65. The minimum atomic E-state index is -0.186. The molecule has 2 fully saturated rings. The SMILES string of the molecule is Cc1ccccc1N1C=C2C(=O)NC(N3CCC(c4ccccc4)C3)NC2N1. The van der Waals surface area contributed by atoms with Crippen molar-refractivity contribution >= 4 is 11.6 Å². The van der Waals surface area contributed by atoms with Crippen LogP contribution in [0.1, 0.15) is 23.5 Å². The molecule has 6 nitrogen and oxygen atoms in total. The van der Waals surface area contributed by atoms with Crippen molar-refractivity contribution in [2.75, 3.05) is 18.1 Å². The quantitative estimate of drug-likeness (QED) is 0.766. The van der Waals surface area contributed by atoms with Gasteiger partial charge in [0.2, 0.25) is 0 Å². The van der Waals surface area contributed by atoms with Gasteiger partial charge in [0.1, 0.15) is 12.5 Å². The molecule has 0 bridgehead atoms. The van der Waals surface area contributed by atoms with Gasteiger partial charge in [-0.2, -0.15) is 0 Å². The van der Waals surface area contributed by atoms with Crippen LogP contribution in [0.3, 0.4) is 0 Å². The second-order valence-corrected chi connectivity index (χ2v) is 7.74. The third kappa shape index (κ3) is 3.09. The molecule has 0 spiro atoms. The highest BCUT2D eigenvalue weighted by Crippen LogP contribution is 2.29. The van der Waals surface area contributed by atoms with Gasteiger partial charge in [-0.15, -0.1) is 0 Å². The van der Waals surface area contributed by atoms with E-state index in [1.165, 1.54) is 5.56 Å². The van der Waals surface area contributed by atoms with Crippen LogP contribution in [-0.2, 0) is 4.79 Å². The van der Waals surface area contributed by atoms with E-state index in [2.05, 4.69) is 70.3 Å². The number of hydrogen-bond acceptors (Lipinski definition) is 5. The smallest absolute Gasteiger partial charge is 0.254 e. The van der Waals surface area contributed by atoms with Crippen LogP contribution in [0.15, 0.2) is 66.4 Å². The number of para-hydroxylation sites is 1. The van der Waals surface area contributed by atoms with Crippen LogP contribution >= 0.6 is 0 Å². The Balaban J connectivity index is 1.29. The van der Waals surface area contributed by atoms with Crippen LogP contribution in [0.2, 0.25) is 0 Å². The van der Waals surface area contributed by atoms with Crippen LogP contribution in [-0.4, -0.2) is 36.4 Å². The molecule has 3 unspecified atom stereocenters. The summed E-state index contributed by atoms with van der Waals surface area (Å²) in [5, 5.41) is 8.63. The minimum absolute atomic E-state index is 0.0134. The molecule has 3 heterocycles. The molecule has 0 aromatic heterocycles. The minimum Gasteiger partial charge on any atom is -0.324 e. The van der Waals surface area contributed by atoms with Crippen molar-refractivity contribution < 1.29 is 4.79 Å². The number of benzene rings is 2. The number of amides is 1. The molecular formula is C22H25N5O. The standard InChI is InChI=1S/C22H25N5O/c1-15-7-5-6-10-19(15)27-14-18-20(25-27)23-22(24-21(18)28)26-12-11-17(13-26)16-8-3-2-4-9-16/h2-10,14,17,20,22-23,25H,11-13H2,1H3,(H,24,28). The van der Waals surface area contributed by atoms with Gasteiger partial charge in [-0.25, -0.2) is 5.43 Å². The molecule has 2 saturated heterocycles. The number of fused-ring (bicyclic) bond motifs is 1. The maximum atomic E-state index is 12.7. The summed E-state index contributed by atoms with van der Waals surface area (Å²) in [7, 11) is 0. The van der Waals surface area contributed by atoms with Crippen molar-refractivity contribution in [3.63, 3.8) is 0 Å². The van der Waals surface area contributed by atoms with Gasteiger partial charge >= 0.3 is 0 Å². The zero-order valence-electron chi connectivity index (χ0n) is 15.9. The second-order valence-electron chi connectivity index (χ2n) is 7.74. The molecule has 28 heavy (non-hydrogen) atoms. The predicted octanol–water partition coefficient (Wildman–Crippen LogP) is 2.02. The van der Waals surface area contributed by atoms with Gasteiger partial charge in [0.15, 0.2) is 0 Å². The Bertz CT molecular complexity index is 912. The van der Waals surface area contributed by atoms with Gasteiger partial charge in [-0.05, 0) is 36.5 Å². The zero-order chi connectivity index (χ0) is 19.1. The number of hydrogen-bond donors (Lipinski definition) is 3. The van der Waals surface area contributed by atoms with E-state index in [0.717, 1.165) is 36.3 Å². The molecule has 5 rings (SSSR count). The number of carbonyl (C=O) groups is 1. The first-order valence-corrected chi connectivity index (χ1v) is 9.88.